The molecule has 1 fully saturated rings. The third kappa shape index (κ3) is 2.36. The van der Waals surface area contributed by atoms with Crippen molar-refractivity contribution >= 4 is 23.3 Å². The Kier molecular flexibility index (Phi) is 3.81. The van der Waals surface area contributed by atoms with Crippen molar-refractivity contribution in [2.75, 3.05) is 7.11 Å². The maximum absolute atomic E-state index is 10.4. The van der Waals surface area contributed by atoms with Gasteiger partial charge in [-0.15, -0.1) is 0 Å². The number of nitrogens with zero attached hydrogens (tertiary/aromatic N) is 1. The van der Waals surface area contributed by atoms with Gasteiger partial charge in [0, 0.05) is 6.07 Å². The van der Waals surface area contributed by atoms with Gasteiger partial charge in [-0.1, -0.05) is 19.3 Å². The summed E-state index contributed by atoms with van der Waals surface area (Å²) >= 11 is 5.47. The lowest BCUT2D eigenvalue weighted by Crippen LogP contribution is -2.23. The number of H-pyrrole nitrogens is 1. The van der Waals surface area contributed by atoms with Gasteiger partial charge in [0.2, 0.25) is 0 Å². The Morgan fingerprint density at radius 3 is 2.90 bits per heavy atom. The molecule has 1 aliphatic carbocycles. The SMILES string of the molecule is COc1ccc2[nH]c(=S)n(C3CCCCCC3O)c2c1. The van der Waals surface area contributed by atoms with Gasteiger partial charge in [-0.25, -0.2) is 0 Å². The molecule has 0 saturated heterocycles. The van der Waals surface area contributed by atoms with E-state index >= 15 is 0 Å². The zero-order valence-electron chi connectivity index (χ0n) is 11.6. The number of hydrogen-bond donors (Lipinski definition) is 2. The van der Waals surface area contributed by atoms with Gasteiger partial charge in [-0.2, -0.15) is 0 Å². The van der Waals surface area contributed by atoms with Crippen LogP contribution in [0.1, 0.15) is 38.1 Å². The van der Waals surface area contributed by atoms with Gasteiger partial charge in [-0.3, -0.25) is 0 Å². The molecule has 0 aliphatic heterocycles. The highest BCUT2D eigenvalue weighted by Gasteiger charge is 2.25. The van der Waals surface area contributed by atoms with Crippen LogP contribution in [0.3, 0.4) is 0 Å². The minimum atomic E-state index is -0.325. The highest BCUT2D eigenvalue weighted by Crippen LogP contribution is 2.32. The van der Waals surface area contributed by atoms with Gasteiger partial charge in [0.1, 0.15) is 5.75 Å². The lowest BCUT2D eigenvalue weighted by Gasteiger charge is -2.22. The first-order valence-electron chi connectivity index (χ1n) is 7.17. The summed E-state index contributed by atoms with van der Waals surface area (Å²) < 4.78 is 8.05. The molecule has 0 spiro atoms. The number of ether oxygens (including phenoxy) is 1. The van der Waals surface area contributed by atoms with Gasteiger partial charge >= 0.3 is 0 Å². The Morgan fingerprint density at radius 1 is 1.30 bits per heavy atom. The second kappa shape index (κ2) is 5.58. The summed E-state index contributed by atoms with van der Waals surface area (Å²) in [5, 5.41) is 10.4. The fourth-order valence-electron chi connectivity index (χ4n) is 3.13. The van der Waals surface area contributed by atoms with Crippen LogP contribution in [0.5, 0.6) is 5.75 Å². The fraction of sp³-hybridized carbons (Fsp3) is 0.533. The summed E-state index contributed by atoms with van der Waals surface area (Å²) in [4.78, 5) is 3.23. The van der Waals surface area contributed by atoms with Gasteiger partial charge in [0.05, 0.1) is 30.3 Å². The third-order valence-electron chi connectivity index (χ3n) is 4.20. The zero-order valence-corrected chi connectivity index (χ0v) is 12.4. The normalized spacial score (nSPS) is 23.7. The first kappa shape index (κ1) is 13.6. The molecule has 20 heavy (non-hydrogen) atoms. The molecule has 0 radical (unpaired) electrons. The number of aromatic nitrogens is 2. The number of aliphatic hydroxyl groups excluding tert-OH is 1. The van der Waals surface area contributed by atoms with Crippen molar-refractivity contribution in [2.24, 2.45) is 0 Å². The van der Waals surface area contributed by atoms with E-state index < -0.39 is 0 Å². The van der Waals surface area contributed by atoms with Gasteiger partial charge in [0.25, 0.3) is 0 Å². The van der Waals surface area contributed by atoms with E-state index in [0.29, 0.717) is 4.77 Å². The summed E-state index contributed by atoms with van der Waals surface area (Å²) in [5.41, 5.74) is 2.01. The van der Waals surface area contributed by atoms with E-state index in [4.69, 9.17) is 17.0 Å². The van der Waals surface area contributed by atoms with Crippen molar-refractivity contribution in [3.63, 3.8) is 0 Å². The number of rotatable bonds is 2. The molecule has 2 atom stereocenters. The lowest BCUT2D eigenvalue weighted by atomic mass is 10.1. The van der Waals surface area contributed by atoms with Crippen LogP contribution in [0.25, 0.3) is 11.0 Å². The summed E-state index contributed by atoms with van der Waals surface area (Å²) in [6.07, 6.45) is 4.92. The molecule has 1 aliphatic rings. The summed E-state index contributed by atoms with van der Waals surface area (Å²) in [6.45, 7) is 0. The molecule has 0 bridgehead atoms. The Bertz CT molecular complexity index is 661. The molecule has 3 rings (SSSR count). The van der Waals surface area contributed by atoms with Crippen LogP contribution >= 0.6 is 12.2 Å². The van der Waals surface area contributed by atoms with E-state index in [-0.39, 0.29) is 12.1 Å². The maximum atomic E-state index is 10.4. The fourth-order valence-corrected chi connectivity index (χ4v) is 3.47. The van der Waals surface area contributed by atoms with E-state index in [9.17, 15) is 5.11 Å². The average molecular weight is 292 g/mol. The minimum absolute atomic E-state index is 0.0610. The van der Waals surface area contributed by atoms with Gasteiger partial charge in [0.15, 0.2) is 4.77 Å². The predicted octanol–water partition coefficient (Wildman–Crippen LogP) is 3.57. The van der Waals surface area contributed by atoms with E-state index in [0.717, 1.165) is 42.5 Å². The van der Waals surface area contributed by atoms with Crippen LogP contribution in [-0.2, 0) is 0 Å². The molecule has 1 saturated carbocycles. The molecule has 2 aromatic rings. The molecule has 2 unspecified atom stereocenters. The topological polar surface area (TPSA) is 50.2 Å². The Labute approximate surface area is 123 Å². The molecular weight excluding hydrogens is 272 g/mol. The summed E-state index contributed by atoms with van der Waals surface area (Å²) in [6, 6.07) is 5.94. The van der Waals surface area contributed by atoms with Crippen molar-refractivity contribution in [1.82, 2.24) is 9.55 Å². The highest BCUT2D eigenvalue weighted by molar-refractivity contribution is 7.71. The maximum Gasteiger partial charge on any atom is 0.178 e. The minimum Gasteiger partial charge on any atom is -0.497 e. The van der Waals surface area contributed by atoms with Gasteiger partial charge < -0.3 is 19.4 Å². The number of benzene rings is 1. The molecule has 1 heterocycles. The number of hydrogen-bond acceptors (Lipinski definition) is 3. The first-order valence-corrected chi connectivity index (χ1v) is 7.58. The van der Waals surface area contributed by atoms with E-state index in [1.165, 1.54) is 6.42 Å². The largest absolute Gasteiger partial charge is 0.497 e. The number of aromatic amines is 1. The monoisotopic (exact) mass is 292 g/mol. The van der Waals surface area contributed by atoms with Crippen LogP contribution in [0, 0.1) is 4.77 Å². The van der Waals surface area contributed by atoms with E-state index in [2.05, 4.69) is 9.55 Å². The number of imidazole rings is 1. The predicted molar refractivity (Wildman–Crippen MR) is 81.8 cm³/mol. The second-order valence-electron chi connectivity index (χ2n) is 5.46. The van der Waals surface area contributed by atoms with Crippen LogP contribution in [-0.4, -0.2) is 27.9 Å². The number of methoxy groups -OCH3 is 1. The van der Waals surface area contributed by atoms with Crippen LogP contribution in [0.2, 0.25) is 0 Å². The molecule has 108 valence electrons. The van der Waals surface area contributed by atoms with Crippen molar-refractivity contribution in [2.45, 2.75) is 44.2 Å². The Morgan fingerprint density at radius 2 is 2.10 bits per heavy atom. The number of fused-ring (bicyclic) bond motifs is 1. The van der Waals surface area contributed by atoms with Crippen molar-refractivity contribution in [3.8, 4) is 5.75 Å². The lowest BCUT2D eigenvalue weighted by molar-refractivity contribution is 0.107. The summed E-state index contributed by atoms with van der Waals surface area (Å²) in [5.74, 6) is 0.809. The van der Waals surface area contributed by atoms with Crippen LogP contribution in [0.15, 0.2) is 18.2 Å². The third-order valence-corrected chi connectivity index (χ3v) is 4.50. The quantitative estimate of drug-likeness (QED) is 0.657. The molecule has 1 aromatic heterocycles. The van der Waals surface area contributed by atoms with Crippen molar-refractivity contribution < 1.29 is 9.84 Å². The first-order chi connectivity index (χ1) is 9.70. The van der Waals surface area contributed by atoms with Crippen LogP contribution < -0.4 is 4.74 Å². The van der Waals surface area contributed by atoms with E-state index in [1.807, 2.05) is 18.2 Å². The Hall–Kier alpha value is -1.33. The standard InChI is InChI=1S/C15H20N2O2S/c1-19-10-7-8-11-13(9-10)17(15(20)16-11)12-5-3-2-4-6-14(12)18/h7-9,12,14,18H,2-6H2,1H3,(H,16,20). The number of nitrogens with one attached hydrogen (secondary N) is 1. The Balaban J connectivity index is 2.13. The molecule has 1 aromatic carbocycles. The second-order valence-corrected chi connectivity index (χ2v) is 5.84. The van der Waals surface area contributed by atoms with Gasteiger partial charge in [-0.05, 0) is 37.2 Å². The molecule has 5 heteroatoms. The smallest absolute Gasteiger partial charge is 0.178 e. The molecule has 2 N–H and O–H groups in total. The van der Waals surface area contributed by atoms with Crippen molar-refractivity contribution in [3.05, 3.63) is 23.0 Å². The molecule has 4 nitrogen and oxygen atoms in total. The highest BCUT2D eigenvalue weighted by atomic mass is 32.1. The molecule has 0 amide bonds. The van der Waals surface area contributed by atoms with Crippen LogP contribution in [0.4, 0.5) is 0 Å². The number of aliphatic hydroxyl groups is 1. The van der Waals surface area contributed by atoms with Crippen molar-refractivity contribution in [1.29, 1.82) is 0 Å². The van der Waals surface area contributed by atoms with E-state index in [1.54, 1.807) is 7.11 Å². The average Bonchev–Trinajstić information content (AvgIpc) is 2.62. The summed E-state index contributed by atoms with van der Waals surface area (Å²) in [7, 11) is 1.66. The zero-order chi connectivity index (χ0) is 14.1. The molecular formula is C15H20N2O2S.